The number of benzene rings is 2. The van der Waals surface area contributed by atoms with Crippen LogP contribution >= 0.6 is 0 Å². The van der Waals surface area contributed by atoms with Crippen LogP contribution in [0.1, 0.15) is 5.56 Å². The van der Waals surface area contributed by atoms with Gasteiger partial charge in [0.05, 0.1) is 21.8 Å². The van der Waals surface area contributed by atoms with Crippen molar-refractivity contribution >= 4 is 31.6 Å². The molecule has 0 radical (unpaired) electrons. The van der Waals surface area contributed by atoms with Crippen LogP contribution in [0.15, 0.2) is 53.4 Å². The van der Waals surface area contributed by atoms with E-state index in [1.807, 2.05) is 9.44 Å². The SMILES string of the molecule is NS(=O)(=O)Nc1cccc(NS(=O)(=O)c2ccccc2C(F)(F)F)c1. The van der Waals surface area contributed by atoms with Gasteiger partial charge in [0.25, 0.3) is 20.2 Å². The van der Waals surface area contributed by atoms with Gasteiger partial charge >= 0.3 is 6.18 Å². The molecule has 0 aromatic heterocycles. The molecule has 0 amide bonds. The van der Waals surface area contributed by atoms with Crippen LogP contribution in [0.5, 0.6) is 0 Å². The van der Waals surface area contributed by atoms with Crippen molar-refractivity contribution in [3.05, 3.63) is 54.1 Å². The van der Waals surface area contributed by atoms with Crippen LogP contribution < -0.4 is 14.6 Å². The summed E-state index contributed by atoms with van der Waals surface area (Å²) in [5.41, 5.74) is -1.53. The molecule has 136 valence electrons. The Labute approximate surface area is 141 Å². The van der Waals surface area contributed by atoms with E-state index >= 15 is 0 Å². The number of hydrogen-bond acceptors (Lipinski definition) is 4. The lowest BCUT2D eigenvalue weighted by Gasteiger charge is -2.14. The standard InChI is InChI=1S/C13H12F3N3O4S2/c14-13(15,16)11-6-1-2-7-12(11)24(20,21)18-9-4-3-5-10(8-9)19-25(17,22)23/h1-8,18-19H,(H2,17,22,23). The van der Waals surface area contributed by atoms with Crippen LogP contribution in [0.2, 0.25) is 0 Å². The van der Waals surface area contributed by atoms with Gasteiger partial charge < -0.3 is 0 Å². The molecule has 0 aliphatic rings. The Morgan fingerprint density at radius 3 is 1.96 bits per heavy atom. The third-order valence-electron chi connectivity index (χ3n) is 2.86. The predicted octanol–water partition coefficient (Wildman–Crippen LogP) is 2.12. The lowest BCUT2D eigenvalue weighted by atomic mass is 10.2. The summed E-state index contributed by atoms with van der Waals surface area (Å²) >= 11 is 0. The third-order valence-corrected chi connectivity index (χ3v) is 4.82. The smallest absolute Gasteiger partial charge is 0.280 e. The second-order valence-electron chi connectivity index (χ2n) is 4.83. The molecule has 0 aliphatic heterocycles. The summed E-state index contributed by atoms with van der Waals surface area (Å²) < 4.78 is 89.4. The summed E-state index contributed by atoms with van der Waals surface area (Å²) in [5, 5.41) is 4.80. The number of halogens is 3. The van der Waals surface area contributed by atoms with Gasteiger partial charge in [-0.1, -0.05) is 18.2 Å². The molecule has 2 aromatic rings. The number of hydrogen-bond donors (Lipinski definition) is 3. The fourth-order valence-corrected chi connectivity index (χ4v) is 3.69. The van der Waals surface area contributed by atoms with Crippen molar-refractivity contribution in [2.24, 2.45) is 5.14 Å². The molecule has 0 atom stereocenters. The first-order valence-corrected chi connectivity index (χ1v) is 9.51. The first-order valence-electron chi connectivity index (χ1n) is 6.48. The second kappa shape index (κ2) is 6.54. The molecule has 4 N–H and O–H groups in total. The van der Waals surface area contributed by atoms with Gasteiger partial charge in [-0.25, -0.2) is 13.6 Å². The van der Waals surface area contributed by atoms with Gasteiger partial charge in [-0.2, -0.15) is 21.6 Å². The van der Waals surface area contributed by atoms with E-state index < -0.39 is 36.9 Å². The number of nitrogens with two attached hydrogens (primary N) is 1. The zero-order valence-electron chi connectivity index (χ0n) is 12.3. The molecule has 25 heavy (non-hydrogen) atoms. The van der Waals surface area contributed by atoms with Crippen LogP contribution in [0.3, 0.4) is 0 Å². The largest absolute Gasteiger partial charge is 0.417 e. The van der Waals surface area contributed by atoms with E-state index in [1.165, 1.54) is 18.2 Å². The first kappa shape index (κ1) is 19.0. The summed E-state index contributed by atoms with van der Waals surface area (Å²) in [6.07, 6.45) is -4.86. The fourth-order valence-electron chi connectivity index (χ4n) is 1.96. The van der Waals surface area contributed by atoms with Crippen molar-refractivity contribution in [1.29, 1.82) is 0 Å². The predicted molar refractivity (Wildman–Crippen MR) is 85.4 cm³/mol. The van der Waals surface area contributed by atoms with Crippen LogP contribution in [0.25, 0.3) is 0 Å². The lowest BCUT2D eigenvalue weighted by Crippen LogP contribution is -2.22. The van der Waals surface area contributed by atoms with Crippen LogP contribution in [-0.4, -0.2) is 16.8 Å². The molecule has 0 heterocycles. The van der Waals surface area contributed by atoms with Crippen LogP contribution in [0.4, 0.5) is 24.5 Å². The number of sulfonamides is 1. The molecule has 0 saturated carbocycles. The summed E-state index contributed by atoms with van der Waals surface area (Å²) in [6.45, 7) is 0. The summed E-state index contributed by atoms with van der Waals surface area (Å²) in [4.78, 5) is -0.952. The molecule has 0 saturated heterocycles. The maximum Gasteiger partial charge on any atom is 0.417 e. The fraction of sp³-hybridized carbons (Fsp3) is 0.0769. The van der Waals surface area contributed by atoms with E-state index in [0.29, 0.717) is 6.07 Å². The van der Waals surface area contributed by atoms with Crippen molar-refractivity contribution in [2.45, 2.75) is 11.1 Å². The number of nitrogens with one attached hydrogen (secondary N) is 2. The minimum atomic E-state index is -4.86. The highest BCUT2D eigenvalue weighted by Crippen LogP contribution is 2.34. The average molecular weight is 395 g/mol. The quantitative estimate of drug-likeness (QED) is 0.718. The van der Waals surface area contributed by atoms with Gasteiger partial charge in [-0.15, -0.1) is 0 Å². The Morgan fingerprint density at radius 2 is 1.40 bits per heavy atom. The molecule has 0 spiro atoms. The van der Waals surface area contributed by atoms with Gasteiger partial charge in [-0.05, 0) is 30.3 Å². The zero-order valence-corrected chi connectivity index (χ0v) is 13.9. The molecule has 2 aromatic carbocycles. The Bertz CT molecular complexity index is 990. The molecular weight excluding hydrogens is 383 g/mol. The molecule has 7 nitrogen and oxygen atoms in total. The normalized spacial score (nSPS) is 12.6. The second-order valence-corrected chi connectivity index (χ2v) is 7.77. The molecule has 0 fully saturated rings. The van der Waals surface area contributed by atoms with E-state index in [0.717, 1.165) is 24.3 Å². The van der Waals surface area contributed by atoms with Gasteiger partial charge in [0, 0.05) is 0 Å². The van der Waals surface area contributed by atoms with Crippen molar-refractivity contribution in [3.8, 4) is 0 Å². The summed E-state index contributed by atoms with van der Waals surface area (Å²) in [6, 6.07) is 8.57. The monoisotopic (exact) mass is 395 g/mol. The molecular formula is C13H12F3N3O4S2. The minimum Gasteiger partial charge on any atom is -0.280 e. The molecule has 2 rings (SSSR count). The van der Waals surface area contributed by atoms with E-state index in [2.05, 4.69) is 0 Å². The summed E-state index contributed by atoms with van der Waals surface area (Å²) in [5.74, 6) is 0. The Morgan fingerprint density at radius 1 is 0.840 bits per heavy atom. The zero-order chi connectivity index (χ0) is 18.9. The van der Waals surface area contributed by atoms with Crippen molar-refractivity contribution < 1.29 is 30.0 Å². The van der Waals surface area contributed by atoms with E-state index in [4.69, 9.17) is 5.14 Å². The van der Waals surface area contributed by atoms with Crippen molar-refractivity contribution in [3.63, 3.8) is 0 Å². The van der Waals surface area contributed by atoms with Gasteiger partial charge in [0.15, 0.2) is 0 Å². The van der Waals surface area contributed by atoms with Crippen molar-refractivity contribution in [2.75, 3.05) is 9.44 Å². The van der Waals surface area contributed by atoms with Crippen molar-refractivity contribution in [1.82, 2.24) is 0 Å². The van der Waals surface area contributed by atoms with Gasteiger partial charge in [0.1, 0.15) is 0 Å². The highest BCUT2D eigenvalue weighted by atomic mass is 32.2. The van der Waals surface area contributed by atoms with Gasteiger partial charge in [-0.3, -0.25) is 9.44 Å². The minimum absolute atomic E-state index is 0.0631. The Kier molecular flexibility index (Phi) is 4.97. The Balaban J connectivity index is 2.40. The van der Waals surface area contributed by atoms with Gasteiger partial charge in [0.2, 0.25) is 0 Å². The average Bonchev–Trinajstić information content (AvgIpc) is 2.44. The highest BCUT2D eigenvalue weighted by molar-refractivity contribution is 7.92. The van der Waals surface area contributed by atoms with Crippen LogP contribution in [-0.2, 0) is 26.4 Å². The topological polar surface area (TPSA) is 118 Å². The number of anilines is 2. The first-order chi connectivity index (χ1) is 11.4. The highest BCUT2D eigenvalue weighted by Gasteiger charge is 2.36. The molecule has 12 heteroatoms. The van der Waals surface area contributed by atoms with Crippen LogP contribution in [0, 0.1) is 0 Å². The third kappa shape index (κ3) is 5.08. The van der Waals surface area contributed by atoms with E-state index in [9.17, 15) is 30.0 Å². The number of rotatable bonds is 5. The van der Waals surface area contributed by atoms with E-state index in [1.54, 1.807) is 0 Å². The van der Waals surface area contributed by atoms with E-state index in [-0.39, 0.29) is 11.4 Å². The maximum atomic E-state index is 13.0. The molecule has 0 aliphatic carbocycles. The lowest BCUT2D eigenvalue weighted by molar-refractivity contribution is -0.139. The number of alkyl halides is 3. The summed E-state index contributed by atoms with van der Waals surface area (Å²) in [7, 11) is -8.66. The molecule has 0 unspecified atom stereocenters. The molecule has 0 bridgehead atoms. The Hall–Kier alpha value is -2.31. The maximum absolute atomic E-state index is 13.0.